The summed E-state index contributed by atoms with van der Waals surface area (Å²) in [5.74, 6) is -0.183. The van der Waals surface area contributed by atoms with Crippen molar-refractivity contribution in [2.45, 2.75) is 96.5 Å². The van der Waals surface area contributed by atoms with Gasteiger partial charge in [-0.1, -0.05) is 55.3 Å². The maximum atomic E-state index is 12.6. The second-order valence-electron chi connectivity index (χ2n) is 8.76. The van der Waals surface area contributed by atoms with E-state index in [1.165, 1.54) is 25.7 Å². The third-order valence-corrected chi connectivity index (χ3v) is 5.66. The average Bonchev–Trinajstić information content (AvgIpc) is 2.76. The summed E-state index contributed by atoms with van der Waals surface area (Å²) in [6, 6.07) is 6.80. The number of carbonyl (C=O) groups excluding carboxylic acids is 2. The fourth-order valence-electron chi connectivity index (χ4n) is 3.46. The van der Waals surface area contributed by atoms with Crippen molar-refractivity contribution in [1.82, 2.24) is 0 Å². The second-order valence-corrected chi connectivity index (χ2v) is 9.19. The van der Waals surface area contributed by atoms with E-state index in [4.69, 9.17) is 25.9 Å². The monoisotopic (exact) mass is 465 g/mol. The molecular weight excluding hydrogens is 430 g/mol. The van der Waals surface area contributed by atoms with E-state index < -0.39 is 11.6 Å². The summed E-state index contributed by atoms with van der Waals surface area (Å²) < 4.78 is 11.1. The Kier molecular flexibility index (Phi) is 11.6. The van der Waals surface area contributed by atoms with Crippen LogP contribution in [0, 0.1) is 0 Å². The molecule has 0 saturated carbocycles. The highest BCUT2D eigenvalue weighted by atomic mass is 35.5. The van der Waals surface area contributed by atoms with E-state index in [0.29, 0.717) is 36.6 Å². The summed E-state index contributed by atoms with van der Waals surface area (Å²) in [7, 11) is 0. The molecule has 2 rings (SSSR count). The smallest absolute Gasteiger partial charge is 0.377 e. The Balaban J connectivity index is 1.91. The van der Waals surface area contributed by atoms with Crippen molar-refractivity contribution < 1.29 is 23.9 Å². The maximum Gasteiger partial charge on any atom is 0.377 e. The number of rotatable bonds is 4. The highest BCUT2D eigenvalue weighted by Crippen LogP contribution is 2.22. The Morgan fingerprint density at radius 1 is 0.906 bits per heavy atom. The van der Waals surface area contributed by atoms with E-state index in [1.807, 2.05) is 0 Å². The van der Waals surface area contributed by atoms with Gasteiger partial charge in [0.25, 0.3) is 0 Å². The molecule has 0 bridgehead atoms. The Labute approximate surface area is 196 Å². The van der Waals surface area contributed by atoms with Gasteiger partial charge in [0.05, 0.1) is 12.3 Å². The number of esters is 1. The first-order valence-electron chi connectivity index (χ1n) is 11.7. The zero-order valence-electron chi connectivity index (χ0n) is 19.4. The minimum atomic E-state index is -1.20. The van der Waals surface area contributed by atoms with Crippen LogP contribution in [-0.2, 0) is 19.2 Å². The molecule has 0 atom stereocenters. The number of hydrogen-bond acceptors (Lipinski definition) is 6. The van der Waals surface area contributed by atoms with Crippen LogP contribution < -0.4 is 4.74 Å². The minimum absolute atomic E-state index is 0.136. The molecule has 1 aromatic rings. The van der Waals surface area contributed by atoms with Crippen molar-refractivity contribution in [2.75, 3.05) is 6.61 Å². The predicted octanol–water partition coefficient (Wildman–Crippen LogP) is 6.63. The first kappa shape index (κ1) is 26.2. The quantitative estimate of drug-likeness (QED) is 0.283. The van der Waals surface area contributed by atoms with Gasteiger partial charge >= 0.3 is 11.9 Å². The topological polar surface area (TPSA) is 74.2 Å². The van der Waals surface area contributed by atoms with Crippen molar-refractivity contribution in [3.63, 3.8) is 0 Å². The average molecular weight is 466 g/mol. The number of halogens is 1. The van der Waals surface area contributed by atoms with Gasteiger partial charge < -0.3 is 14.3 Å². The van der Waals surface area contributed by atoms with Gasteiger partial charge in [-0.25, -0.2) is 4.79 Å². The van der Waals surface area contributed by atoms with Gasteiger partial charge in [-0.2, -0.15) is 0 Å². The molecule has 1 aromatic carbocycles. The molecule has 1 heterocycles. The fourth-order valence-corrected chi connectivity index (χ4v) is 3.59. The van der Waals surface area contributed by atoms with Gasteiger partial charge in [-0.15, -0.1) is 0 Å². The molecule has 1 fully saturated rings. The molecule has 0 spiro atoms. The first-order valence-corrected chi connectivity index (χ1v) is 12.1. The van der Waals surface area contributed by atoms with Crippen molar-refractivity contribution in [3.05, 3.63) is 29.3 Å². The minimum Gasteiger partial charge on any atom is -0.476 e. The molecule has 0 N–H and O–H groups in total. The maximum absolute atomic E-state index is 12.6. The molecule has 0 unspecified atom stereocenters. The van der Waals surface area contributed by atoms with Crippen molar-refractivity contribution in [1.29, 1.82) is 0 Å². The number of nitrogens with zero attached hydrogens (tertiary/aromatic N) is 1. The van der Waals surface area contributed by atoms with Gasteiger partial charge in [0, 0.05) is 11.4 Å². The van der Waals surface area contributed by atoms with Crippen LogP contribution in [0.15, 0.2) is 29.4 Å². The Morgan fingerprint density at radius 2 is 1.47 bits per heavy atom. The molecule has 0 aliphatic carbocycles. The van der Waals surface area contributed by atoms with E-state index in [2.05, 4.69) is 5.16 Å². The molecular formula is C25H36ClNO5. The number of cyclic esters (lactones) is 1. The Morgan fingerprint density at radius 3 is 2.12 bits per heavy atom. The summed E-state index contributed by atoms with van der Waals surface area (Å²) in [6.07, 6.45) is 11.4. The molecule has 0 amide bonds. The van der Waals surface area contributed by atoms with Crippen LogP contribution >= 0.6 is 11.6 Å². The molecule has 1 aliphatic rings. The van der Waals surface area contributed by atoms with Crippen LogP contribution in [0.4, 0.5) is 0 Å². The Bertz CT molecular complexity index is 745. The molecule has 0 aromatic heterocycles. The van der Waals surface area contributed by atoms with Gasteiger partial charge in [0.1, 0.15) is 5.75 Å². The molecule has 0 radical (unpaired) electrons. The van der Waals surface area contributed by atoms with E-state index in [9.17, 15) is 9.59 Å². The zero-order chi connectivity index (χ0) is 23.2. The van der Waals surface area contributed by atoms with Gasteiger partial charge in [0.2, 0.25) is 5.60 Å². The third-order valence-electron chi connectivity index (χ3n) is 5.40. The van der Waals surface area contributed by atoms with Crippen LogP contribution in [0.25, 0.3) is 0 Å². The van der Waals surface area contributed by atoms with E-state index in [0.717, 1.165) is 37.8 Å². The summed E-state index contributed by atoms with van der Waals surface area (Å²) in [4.78, 5) is 29.7. The lowest BCUT2D eigenvalue weighted by atomic mass is 10.0. The lowest BCUT2D eigenvalue weighted by Crippen LogP contribution is -2.39. The molecule has 32 heavy (non-hydrogen) atoms. The van der Waals surface area contributed by atoms with E-state index in [1.54, 1.807) is 38.1 Å². The van der Waals surface area contributed by atoms with Crippen LogP contribution in [-0.4, -0.2) is 29.9 Å². The molecule has 1 saturated heterocycles. The van der Waals surface area contributed by atoms with Crippen LogP contribution in [0.5, 0.6) is 5.75 Å². The predicted molar refractivity (Wildman–Crippen MR) is 126 cm³/mol. The highest BCUT2D eigenvalue weighted by Gasteiger charge is 2.32. The van der Waals surface area contributed by atoms with Gasteiger partial charge in [-0.05, 0) is 70.2 Å². The number of hydrogen-bond donors (Lipinski definition) is 0. The van der Waals surface area contributed by atoms with E-state index >= 15 is 0 Å². The van der Waals surface area contributed by atoms with Crippen molar-refractivity contribution in [3.8, 4) is 5.75 Å². The Hall–Kier alpha value is -2.08. The summed E-state index contributed by atoms with van der Waals surface area (Å²) >= 11 is 5.90. The number of ether oxygens (including phenoxy) is 2. The first-order chi connectivity index (χ1) is 15.4. The lowest BCUT2D eigenvalue weighted by Gasteiger charge is -2.23. The van der Waals surface area contributed by atoms with Crippen LogP contribution in [0.2, 0.25) is 5.02 Å². The molecule has 7 heteroatoms. The standard InChI is InChI=1S/C25H36ClNO5/c1-25(2,31-22-17-15-20(26)16-18-22)24(29)32-27-21-12-9-7-5-3-4-6-8-10-14-23(28)30-19-11-13-21/h15-18H,3-14,19H2,1-2H3. The lowest BCUT2D eigenvalue weighted by molar-refractivity contribution is -0.159. The summed E-state index contributed by atoms with van der Waals surface area (Å²) in [5, 5.41) is 4.75. The molecule has 178 valence electrons. The molecule has 6 nitrogen and oxygen atoms in total. The van der Waals surface area contributed by atoms with Crippen molar-refractivity contribution in [2.24, 2.45) is 5.16 Å². The summed E-state index contributed by atoms with van der Waals surface area (Å²) in [6.45, 7) is 3.64. The molecule has 1 aliphatic heterocycles. The normalized spacial score (nSPS) is 19.2. The summed E-state index contributed by atoms with van der Waals surface area (Å²) in [5.41, 5.74) is -0.394. The largest absolute Gasteiger partial charge is 0.476 e. The van der Waals surface area contributed by atoms with Crippen molar-refractivity contribution >= 4 is 29.3 Å². The van der Waals surface area contributed by atoms with Crippen LogP contribution in [0.3, 0.4) is 0 Å². The SMILES string of the molecule is CC(C)(Oc1ccc(Cl)cc1)C(=O)ON=C1CCCCCCCCCCC(=O)OCCC1. The fraction of sp³-hybridized carbons (Fsp3) is 0.640. The number of oxime groups is 1. The van der Waals surface area contributed by atoms with E-state index in [-0.39, 0.29) is 5.97 Å². The van der Waals surface area contributed by atoms with Gasteiger partial charge in [-0.3, -0.25) is 4.79 Å². The number of benzene rings is 1. The number of carbonyl (C=O) groups is 2. The zero-order valence-corrected chi connectivity index (χ0v) is 20.1. The van der Waals surface area contributed by atoms with Gasteiger partial charge in [0.15, 0.2) is 0 Å². The third kappa shape index (κ3) is 10.5. The van der Waals surface area contributed by atoms with Crippen LogP contribution in [0.1, 0.15) is 90.9 Å². The highest BCUT2D eigenvalue weighted by molar-refractivity contribution is 6.30. The second kappa shape index (κ2) is 14.1.